The molecule has 0 aromatic heterocycles. The lowest BCUT2D eigenvalue weighted by molar-refractivity contribution is -0.306. The molecule has 2 aromatic rings. The molecule has 4 rings (SSSR count). The van der Waals surface area contributed by atoms with Crippen LogP contribution in [0, 0.1) is 0 Å². The summed E-state index contributed by atoms with van der Waals surface area (Å²) in [5.41, 5.74) is 5.51. The van der Waals surface area contributed by atoms with Crippen LogP contribution >= 0.6 is 0 Å². The number of carbonyl (C=O) groups is 2. The van der Waals surface area contributed by atoms with E-state index in [9.17, 15) is 14.7 Å². The second-order valence-corrected chi connectivity index (χ2v) is 12.2. The van der Waals surface area contributed by atoms with E-state index in [-0.39, 0.29) is 25.5 Å². The lowest BCUT2D eigenvalue weighted by Gasteiger charge is -2.27. The molecular formula is C38H50N4O8. The monoisotopic (exact) mass is 690 g/mol. The molecule has 0 saturated carbocycles. The zero-order chi connectivity index (χ0) is 36.2. The molecule has 1 N–H and O–H groups in total. The number of aliphatic carboxylic acids is 1. The molecule has 12 heteroatoms. The Morgan fingerprint density at radius 2 is 1.62 bits per heavy atom. The summed E-state index contributed by atoms with van der Waals surface area (Å²) in [6.07, 6.45) is 0.848. The molecule has 2 aliphatic rings. The van der Waals surface area contributed by atoms with Crippen molar-refractivity contribution in [1.29, 1.82) is 0 Å². The highest BCUT2D eigenvalue weighted by Crippen LogP contribution is 2.47. The average molecular weight is 691 g/mol. The van der Waals surface area contributed by atoms with E-state index in [1.807, 2.05) is 40.3 Å². The molecule has 1 amide bonds. The smallest absolute Gasteiger partial charge is 0.220 e. The van der Waals surface area contributed by atoms with Gasteiger partial charge in [0.25, 0.3) is 0 Å². The fourth-order valence-electron chi connectivity index (χ4n) is 5.75. The Hall–Kier alpha value is -4.81. The zero-order valence-electron chi connectivity index (χ0n) is 30.3. The van der Waals surface area contributed by atoms with E-state index in [0.29, 0.717) is 57.2 Å². The summed E-state index contributed by atoms with van der Waals surface area (Å²) in [6.45, 7) is 4.83. The number of nitrogens with zero attached hydrogens (tertiary/aromatic N) is 3. The van der Waals surface area contributed by atoms with Gasteiger partial charge in [0, 0.05) is 98.5 Å². The third-order valence-corrected chi connectivity index (χ3v) is 8.44. The molecule has 0 spiro atoms. The maximum Gasteiger partial charge on any atom is 0.220 e. The van der Waals surface area contributed by atoms with Crippen molar-refractivity contribution in [2.45, 2.75) is 26.2 Å². The highest BCUT2D eigenvalue weighted by atomic mass is 16.5. The Bertz CT molecular complexity index is 1800. The maximum atomic E-state index is 12.5. The van der Waals surface area contributed by atoms with Crippen LogP contribution in [0.3, 0.4) is 0 Å². The van der Waals surface area contributed by atoms with Gasteiger partial charge in [0.05, 0.1) is 52.4 Å². The van der Waals surface area contributed by atoms with Crippen LogP contribution in [0.15, 0.2) is 52.9 Å². The number of nitrogens with one attached hydrogen (secondary N) is 1. The summed E-state index contributed by atoms with van der Waals surface area (Å²) in [5, 5.41) is 15.3. The summed E-state index contributed by atoms with van der Waals surface area (Å²) in [5.74, 6) is 0.957. The molecule has 0 atom stereocenters. The van der Waals surface area contributed by atoms with Crippen LogP contribution in [-0.4, -0.2) is 100 Å². The van der Waals surface area contributed by atoms with Crippen LogP contribution in [0.25, 0.3) is 33.4 Å². The van der Waals surface area contributed by atoms with Crippen LogP contribution < -0.4 is 39.6 Å². The highest BCUT2D eigenvalue weighted by molar-refractivity contribution is 6.04. The highest BCUT2D eigenvalue weighted by Gasteiger charge is 2.24. The Balaban J connectivity index is 1.53. The van der Waals surface area contributed by atoms with Crippen LogP contribution in [-0.2, 0) is 19.1 Å². The maximum absolute atomic E-state index is 12.5. The largest absolute Gasteiger partial charge is 0.550 e. The summed E-state index contributed by atoms with van der Waals surface area (Å²) in [7, 11) is 11.4. The Labute approximate surface area is 294 Å². The van der Waals surface area contributed by atoms with E-state index in [0.717, 1.165) is 50.2 Å². The number of anilines is 2. The van der Waals surface area contributed by atoms with Crippen molar-refractivity contribution in [2.24, 2.45) is 0 Å². The molecule has 0 unspecified atom stereocenters. The number of carbonyl (C=O) groups excluding carboxylic acids is 2. The SMILES string of the molecule is CCN(CCCC(=O)NCCOCCOCCC(=O)[O-])c1cc(OC)c(-c2c3ccc(=[N+](C)C)cc-3oc3cc(N(C)C)ccc23)cc1OC. The normalized spacial score (nSPS) is 11.1. The summed E-state index contributed by atoms with van der Waals surface area (Å²) in [4.78, 5) is 27.1. The minimum absolute atomic E-state index is 0.0575. The van der Waals surface area contributed by atoms with Crippen LogP contribution in [0.5, 0.6) is 11.5 Å². The van der Waals surface area contributed by atoms with Gasteiger partial charge >= 0.3 is 0 Å². The van der Waals surface area contributed by atoms with E-state index >= 15 is 0 Å². The Morgan fingerprint density at radius 1 is 0.880 bits per heavy atom. The Morgan fingerprint density at radius 3 is 2.28 bits per heavy atom. The number of hydrogen-bond donors (Lipinski definition) is 1. The molecule has 1 aliphatic carbocycles. The lowest BCUT2D eigenvalue weighted by Crippen LogP contribution is -2.29. The summed E-state index contributed by atoms with van der Waals surface area (Å²) in [6, 6.07) is 16.5. The van der Waals surface area contributed by atoms with Gasteiger partial charge in [-0.2, -0.15) is 0 Å². The van der Waals surface area contributed by atoms with Crippen molar-refractivity contribution in [3.8, 4) is 33.9 Å². The Kier molecular flexibility index (Phi) is 13.9. The van der Waals surface area contributed by atoms with E-state index < -0.39 is 5.97 Å². The number of amides is 1. The molecule has 12 nitrogen and oxygen atoms in total. The predicted molar refractivity (Wildman–Crippen MR) is 194 cm³/mol. The molecular weight excluding hydrogens is 640 g/mol. The molecule has 1 heterocycles. The number of benzene rings is 3. The second-order valence-electron chi connectivity index (χ2n) is 12.2. The molecule has 50 heavy (non-hydrogen) atoms. The van der Waals surface area contributed by atoms with E-state index in [4.69, 9.17) is 23.4 Å². The van der Waals surface area contributed by atoms with Crippen molar-refractivity contribution in [2.75, 3.05) is 98.3 Å². The van der Waals surface area contributed by atoms with Gasteiger partial charge in [0.2, 0.25) is 11.3 Å². The quantitative estimate of drug-likeness (QED) is 0.0890. The van der Waals surface area contributed by atoms with Gasteiger partial charge in [-0.25, -0.2) is 4.58 Å². The van der Waals surface area contributed by atoms with Crippen molar-refractivity contribution in [1.82, 2.24) is 9.89 Å². The number of hydrogen-bond acceptors (Lipinski definition) is 10. The van der Waals surface area contributed by atoms with Gasteiger partial charge in [0.1, 0.15) is 36.9 Å². The number of fused-ring (bicyclic) bond motifs is 2. The first-order valence-electron chi connectivity index (χ1n) is 16.9. The average Bonchev–Trinajstić information content (AvgIpc) is 3.10. The van der Waals surface area contributed by atoms with Gasteiger partial charge < -0.3 is 48.4 Å². The fourth-order valence-corrected chi connectivity index (χ4v) is 5.75. The standard InChI is InChI=1S/C38H50N4O8/c1-8-42(17-9-10-36(43)39-16-19-49-21-20-48-18-15-37(44)45)31-25-32(46-6)30(24-35(31)47-7)38-28-13-11-26(40(2)3)22-33(28)50-34-23-27(41(4)5)12-14-29(34)38/h11-14,22-25H,8-10,15-21H2,1-7H3,(H-,39,43,44,45). The van der Waals surface area contributed by atoms with E-state index in [2.05, 4.69) is 63.0 Å². The number of carboxylic acids is 1. The third kappa shape index (κ3) is 9.66. The summed E-state index contributed by atoms with van der Waals surface area (Å²) >= 11 is 0. The van der Waals surface area contributed by atoms with Crippen molar-refractivity contribution in [3.63, 3.8) is 0 Å². The minimum Gasteiger partial charge on any atom is -0.550 e. The number of methoxy groups -OCH3 is 2. The van der Waals surface area contributed by atoms with E-state index in [1.165, 1.54) is 0 Å². The minimum atomic E-state index is -1.15. The molecule has 1 aliphatic heterocycles. The van der Waals surface area contributed by atoms with Gasteiger partial charge in [-0.15, -0.1) is 0 Å². The summed E-state index contributed by atoms with van der Waals surface area (Å²) < 4.78 is 31.2. The van der Waals surface area contributed by atoms with Crippen molar-refractivity contribution >= 4 is 34.2 Å². The van der Waals surface area contributed by atoms with Crippen molar-refractivity contribution < 1.29 is 38.1 Å². The number of ether oxygens (including phenoxy) is 4. The first-order valence-corrected chi connectivity index (χ1v) is 16.9. The van der Waals surface area contributed by atoms with Gasteiger partial charge in [-0.1, -0.05) is 0 Å². The topological polar surface area (TPSA) is 129 Å². The number of rotatable bonds is 19. The second kappa shape index (κ2) is 18.3. The first kappa shape index (κ1) is 38.0. The predicted octanol–water partition coefficient (Wildman–Crippen LogP) is 3.22. The lowest BCUT2D eigenvalue weighted by atomic mass is 9.92. The van der Waals surface area contributed by atoms with Crippen LogP contribution in [0.1, 0.15) is 26.2 Å². The number of carboxylic acid groups (broad SMARTS) is 1. The van der Waals surface area contributed by atoms with Gasteiger partial charge in [-0.3, -0.25) is 4.79 Å². The van der Waals surface area contributed by atoms with Crippen LogP contribution in [0.4, 0.5) is 11.4 Å². The first-order chi connectivity index (χ1) is 24.1. The van der Waals surface area contributed by atoms with Crippen molar-refractivity contribution in [3.05, 3.63) is 53.9 Å². The molecule has 0 saturated heterocycles. The van der Waals surface area contributed by atoms with Gasteiger partial charge in [0.15, 0.2) is 0 Å². The van der Waals surface area contributed by atoms with Crippen LogP contribution in [0.2, 0.25) is 0 Å². The van der Waals surface area contributed by atoms with E-state index in [1.54, 1.807) is 14.2 Å². The molecule has 0 fully saturated rings. The third-order valence-electron chi connectivity index (χ3n) is 8.44. The molecule has 270 valence electrons. The molecule has 2 aromatic carbocycles. The molecule has 0 radical (unpaired) electrons. The fraction of sp³-hybridized carbons (Fsp3) is 0.447. The van der Waals surface area contributed by atoms with Gasteiger partial charge in [-0.05, 0) is 37.6 Å². The molecule has 0 bridgehead atoms. The zero-order valence-corrected chi connectivity index (χ0v) is 30.3.